The lowest BCUT2D eigenvalue weighted by Crippen LogP contribution is -2.46. The number of nitrogens with one attached hydrogen (secondary N) is 1. The van der Waals surface area contributed by atoms with Crippen molar-refractivity contribution in [2.45, 2.75) is 57.9 Å². The third kappa shape index (κ3) is 4.53. The molecule has 5 heteroatoms. The van der Waals surface area contributed by atoms with Crippen molar-refractivity contribution < 1.29 is 13.7 Å². The van der Waals surface area contributed by atoms with Crippen molar-refractivity contribution in [2.75, 3.05) is 0 Å². The number of carbonyl (C=O) groups is 1. The van der Waals surface area contributed by atoms with Gasteiger partial charge in [-0.15, -0.1) is 4.72 Å². The Bertz CT molecular complexity index is 358. The van der Waals surface area contributed by atoms with Gasteiger partial charge in [0, 0.05) is 6.08 Å². The molecular weight excluding hydrogens is 250 g/mol. The second kappa shape index (κ2) is 5.97. The van der Waals surface area contributed by atoms with Crippen molar-refractivity contribution in [3.63, 3.8) is 0 Å². The van der Waals surface area contributed by atoms with E-state index >= 15 is 0 Å². The van der Waals surface area contributed by atoms with Gasteiger partial charge in [0.25, 0.3) is 0 Å². The Morgan fingerprint density at radius 2 is 2.06 bits per heavy atom. The average molecular weight is 274 g/mol. The molecule has 3 atom stereocenters. The van der Waals surface area contributed by atoms with Gasteiger partial charge in [0.2, 0.25) is 0 Å². The molecule has 1 rings (SSSR count). The van der Waals surface area contributed by atoms with E-state index in [-0.39, 0.29) is 22.9 Å². The predicted octanol–water partition coefficient (Wildman–Crippen LogP) is 1.88. The van der Waals surface area contributed by atoms with E-state index in [1.54, 1.807) is 6.08 Å². The minimum Gasteiger partial charge on any atom is -0.453 e. The first-order valence-corrected chi connectivity index (χ1v) is 7.58. The highest BCUT2D eigenvalue weighted by Crippen LogP contribution is 2.19. The SMILES string of the molecule is CC(C)C[C@@H](N[SH+](=O)C(C)(C)C)[C@@H]1C=CC(=O)O1. The van der Waals surface area contributed by atoms with Gasteiger partial charge in [-0.1, -0.05) is 18.1 Å². The maximum Gasteiger partial charge on any atom is 0.331 e. The fourth-order valence-corrected chi connectivity index (χ4v) is 2.66. The van der Waals surface area contributed by atoms with Gasteiger partial charge < -0.3 is 4.74 Å². The molecule has 4 nitrogen and oxygen atoms in total. The summed E-state index contributed by atoms with van der Waals surface area (Å²) in [4.78, 5) is 11.1. The monoisotopic (exact) mass is 274 g/mol. The van der Waals surface area contributed by atoms with E-state index in [0.29, 0.717) is 5.92 Å². The molecule has 0 radical (unpaired) electrons. The number of hydrogen-bond acceptors (Lipinski definition) is 3. The van der Waals surface area contributed by atoms with Crippen LogP contribution in [0.15, 0.2) is 12.2 Å². The van der Waals surface area contributed by atoms with Crippen LogP contribution in [0.3, 0.4) is 0 Å². The molecule has 0 saturated heterocycles. The largest absolute Gasteiger partial charge is 0.453 e. The summed E-state index contributed by atoms with van der Waals surface area (Å²) in [7, 11) is -1.55. The standard InChI is InChI=1S/C13H23NO3S/c1-9(2)8-10(11-6-7-12(15)17-11)14-18(16)13(3,4)5/h6-7,9-11H,8H2,1-5H3,(H,14,16)/p+1/t10-,11+,18?/m1/s1. The smallest absolute Gasteiger partial charge is 0.331 e. The predicted molar refractivity (Wildman–Crippen MR) is 74.6 cm³/mol. The number of hydrogen-bond donors (Lipinski definition) is 1. The van der Waals surface area contributed by atoms with E-state index in [1.165, 1.54) is 6.08 Å². The maximum absolute atomic E-state index is 12.2. The van der Waals surface area contributed by atoms with Crippen molar-refractivity contribution in [3.05, 3.63) is 12.2 Å². The summed E-state index contributed by atoms with van der Waals surface area (Å²) in [6, 6.07) is -0.0875. The van der Waals surface area contributed by atoms with Gasteiger partial charge >= 0.3 is 5.97 Å². The van der Waals surface area contributed by atoms with Crippen LogP contribution in [0.2, 0.25) is 0 Å². The van der Waals surface area contributed by atoms with Crippen LogP contribution in [0.5, 0.6) is 0 Å². The van der Waals surface area contributed by atoms with Gasteiger partial charge in [-0.25, -0.2) is 4.79 Å². The van der Waals surface area contributed by atoms with Crippen LogP contribution in [0.4, 0.5) is 0 Å². The van der Waals surface area contributed by atoms with Gasteiger partial charge in [-0.2, -0.15) is 0 Å². The first-order chi connectivity index (χ1) is 8.20. The van der Waals surface area contributed by atoms with Gasteiger partial charge in [0.15, 0.2) is 0 Å². The Balaban J connectivity index is 2.70. The van der Waals surface area contributed by atoms with Gasteiger partial charge in [0.1, 0.15) is 21.8 Å². The fraction of sp³-hybridized carbons (Fsp3) is 0.769. The maximum atomic E-state index is 12.2. The quantitative estimate of drug-likeness (QED) is 0.473. The Kier molecular flexibility index (Phi) is 5.10. The Labute approximate surface area is 112 Å². The summed E-state index contributed by atoms with van der Waals surface area (Å²) in [5, 5.41) is 0. The molecule has 0 aromatic heterocycles. The third-order valence-electron chi connectivity index (χ3n) is 2.69. The molecular formula is C13H24NO3S+. The second-order valence-electron chi connectivity index (χ2n) is 6.09. The van der Waals surface area contributed by atoms with Crippen molar-refractivity contribution in [2.24, 2.45) is 5.92 Å². The molecule has 0 amide bonds. The minimum atomic E-state index is -1.55. The molecule has 1 unspecified atom stereocenters. The zero-order valence-corrected chi connectivity index (χ0v) is 12.7. The number of ether oxygens (including phenoxy) is 1. The van der Waals surface area contributed by atoms with Crippen molar-refractivity contribution >= 4 is 17.0 Å². The number of cyclic esters (lactones) is 1. The third-order valence-corrected chi connectivity index (χ3v) is 4.47. The molecule has 18 heavy (non-hydrogen) atoms. The second-order valence-corrected chi connectivity index (χ2v) is 8.28. The lowest BCUT2D eigenvalue weighted by molar-refractivity contribution is -0.139. The lowest BCUT2D eigenvalue weighted by atomic mass is 10.0. The topological polar surface area (TPSA) is 55.4 Å². The summed E-state index contributed by atoms with van der Waals surface area (Å²) in [5.41, 5.74) is 0. The highest BCUT2D eigenvalue weighted by atomic mass is 32.2. The first kappa shape index (κ1) is 15.4. The van der Waals surface area contributed by atoms with Crippen LogP contribution in [-0.2, 0) is 24.7 Å². The average Bonchev–Trinajstić information content (AvgIpc) is 2.61. The molecule has 1 N–H and O–H groups in total. The Morgan fingerprint density at radius 1 is 1.44 bits per heavy atom. The summed E-state index contributed by atoms with van der Waals surface area (Å²) in [5.74, 6) is 0.125. The molecule has 104 valence electrons. The Hall–Kier alpha value is -0.680. The van der Waals surface area contributed by atoms with Crippen LogP contribution in [-0.4, -0.2) is 22.9 Å². The van der Waals surface area contributed by atoms with Crippen LogP contribution in [0, 0.1) is 5.92 Å². The first-order valence-electron chi connectivity index (χ1n) is 6.32. The minimum absolute atomic E-state index is 0.0875. The molecule has 0 aromatic rings. The summed E-state index contributed by atoms with van der Waals surface area (Å²) < 4.78 is 20.2. The van der Waals surface area contributed by atoms with Gasteiger partial charge in [-0.3, -0.25) is 0 Å². The molecule has 0 saturated carbocycles. The van der Waals surface area contributed by atoms with Crippen molar-refractivity contribution in [3.8, 4) is 0 Å². The van der Waals surface area contributed by atoms with E-state index < -0.39 is 11.0 Å². The molecule has 1 heterocycles. The van der Waals surface area contributed by atoms with Crippen LogP contribution in [0.25, 0.3) is 0 Å². The van der Waals surface area contributed by atoms with Gasteiger partial charge in [-0.05, 0) is 39.2 Å². The van der Waals surface area contributed by atoms with Crippen LogP contribution < -0.4 is 4.72 Å². The van der Waals surface area contributed by atoms with E-state index in [1.807, 2.05) is 20.8 Å². The zero-order chi connectivity index (χ0) is 13.9. The van der Waals surface area contributed by atoms with Crippen LogP contribution in [0.1, 0.15) is 41.0 Å². The molecule has 0 fully saturated rings. The molecule has 1 aliphatic rings. The van der Waals surface area contributed by atoms with E-state index in [4.69, 9.17) is 4.74 Å². The summed E-state index contributed by atoms with van der Waals surface area (Å²) in [6.07, 6.45) is 3.69. The Morgan fingerprint density at radius 3 is 2.44 bits per heavy atom. The molecule has 0 aliphatic carbocycles. The molecule has 0 bridgehead atoms. The van der Waals surface area contributed by atoms with E-state index in [2.05, 4.69) is 18.6 Å². The lowest BCUT2D eigenvalue weighted by Gasteiger charge is -2.24. The fourth-order valence-electron chi connectivity index (χ4n) is 1.71. The van der Waals surface area contributed by atoms with E-state index in [0.717, 1.165) is 6.42 Å². The van der Waals surface area contributed by atoms with Gasteiger partial charge in [0.05, 0.1) is 6.04 Å². The number of rotatable bonds is 5. The number of esters is 1. The number of thiol groups is 1. The molecule has 0 aromatic carbocycles. The summed E-state index contributed by atoms with van der Waals surface area (Å²) >= 11 is 0. The molecule has 0 spiro atoms. The normalized spacial score (nSPS) is 23.2. The summed E-state index contributed by atoms with van der Waals surface area (Å²) in [6.45, 7) is 9.99. The molecule has 1 aliphatic heterocycles. The highest BCUT2D eigenvalue weighted by Gasteiger charge is 2.34. The highest BCUT2D eigenvalue weighted by molar-refractivity contribution is 7.84. The zero-order valence-electron chi connectivity index (χ0n) is 11.8. The van der Waals surface area contributed by atoms with E-state index in [9.17, 15) is 9.00 Å². The van der Waals surface area contributed by atoms with Crippen LogP contribution >= 0.6 is 0 Å². The van der Waals surface area contributed by atoms with Crippen molar-refractivity contribution in [1.29, 1.82) is 0 Å². The van der Waals surface area contributed by atoms with Crippen molar-refractivity contribution in [1.82, 2.24) is 4.72 Å². The number of carbonyl (C=O) groups excluding carboxylic acids is 1.